The molecule has 0 atom stereocenters. The Bertz CT molecular complexity index is 220. The second-order valence-electron chi connectivity index (χ2n) is 2.25. The minimum Gasteiger partial charge on any atom is -0.206 e. The molecule has 1 aromatic carbocycles. The van der Waals surface area contributed by atoms with Crippen LogP contribution in [0.5, 0.6) is 0 Å². The molecule has 0 saturated heterocycles. The average Bonchev–Trinajstić information content (AvgIpc) is 1.80. The molecular weight excluding hydrogens is 196 g/mol. The largest absolute Gasteiger partial charge is 3.00 e. The maximum absolute atomic E-state index is 5.47. The first-order chi connectivity index (χ1) is 4.20. The summed E-state index contributed by atoms with van der Waals surface area (Å²) in [6, 6.07) is 6.75. The van der Waals surface area contributed by atoms with Crippen LogP contribution in [-0.4, -0.2) is 7.85 Å². The van der Waals surface area contributed by atoms with E-state index in [9.17, 15) is 0 Å². The van der Waals surface area contributed by atoms with Gasteiger partial charge in [0.2, 0.25) is 0 Å². The van der Waals surface area contributed by atoms with Gasteiger partial charge in [-0.05, 0) is 0 Å². The van der Waals surface area contributed by atoms with Crippen molar-refractivity contribution in [3.8, 4) is 0 Å². The van der Waals surface area contributed by atoms with E-state index in [-0.39, 0.29) is 32.7 Å². The summed E-state index contributed by atoms with van der Waals surface area (Å²) in [4.78, 5) is 0. The molecule has 0 aliphatic rings. The van der Waals surface area contributed by atoms with Gasteiger partial charge in [0, 0.05) is 0 Å². The van der Waals surface area contributed by atoms with Crippen LogP contribution in [0.15, 0.2) is 12.1 Å². The molecule has 0 N–H and O–H groups in total. The zero-order valence-electron chi connectivity index (χ0n) is 6.31. The summed E-state index contributed by atoms with van der Waals surface area (Å²) in [5.74, 6) is 0. The summed E-state index contributed by atoms with van der Waals surface area (Å²) in [6.45, 7) is 4.09. The van der Waals surface area contributed by atoms with E-state index in [1.54, 1.807) is 0 Å². The third-order valence-electron chi connectivity index (χ3n) is 1.45. The molecule has 0 fully saturated rings. The minimum absolute atomic E-state index is 0. The molecular formula is C8H8BY+2. The molecule has 2 radical (unpaired) electrons. The monoisotopic (exact) mass is 204 g/mol. The molecule has 44 valence electrons. The van der Waals surface area contributed by atoms with E-state index in [2.05, 4.69) is 6.07 Å². The molecule has 0 bridgehead atoms. The molecule has 10 heavy (non-hydrogen) atoms. The van der Waals surface area contributed by atoms with Crippen molar-refractivity contribution in [2.75, 3.05) is 0 Å². The fraction of sp³-hybridized carbons (Fsp3) is 0.250. The second-order valence-corrected chi connectivity index (χ2v) is 2.25. The number of benzene rings is 1. The van der Waals surface area contributed by atoms with E-state index in [1.165, 1.54) is 11.1 Å². The van der Waals surface area contributed by atoms with Crippen LogP contribution < -0.4 is 5.46 Å². The normalized spacial score (nSPS) is 8.60. The molecule has 0 spiro atoms. The van der Waals surface area contributed by atoms with E-state index >= 15 is 0 Å². The van der Waals surface area contributed by atoms with Gasteiger partial charge in [0.25, 0.3) is 0 Å². The fourth-order valence-corrected chi connectivity index (χ4v) is 0.694. The smallest absolute Gasteiger partial charge is 0.206 e. The van der Waals surface area contributed by atoms with E-state index in [4.69, 9.17) is 7.85 Å². The Balaban J connectivity index is 0.000000810. The maximum atomic E-state index is 5.47. The van der Waals surface area contributed by atoms with Gasteiger partial charge in [0.15, 0.2) is 0 Å². The number of hydrogen-bond acceptors (Lipinski definition) is 0. The Morgan fingerprint density at radius 3 is 2.30 bits per heavy atom. The summed E-state index contributed by atoms with van der Waals surface area (Å²) in [7, 11) is 5.47. The first kappa shape index (κ1) is 10.4. The van der Waals surface area contributed by atoms with Crippen molar-refractivity contribution >= 4 is 13.3 Å². The maximum Gasteiger partial charge on any atom is 3.00 e. The van der Waals surface area contributed by atoms with Crippen molar-refractivity contribution in [2.24, 2.45) is 0 Å². The Hall–Kier alpha value is 0.389. The number of aryl methyl sites for hydroxylation is 2. The van der Waals surface area contributed by atoms with Crippen LogP contribution >= 0.6 is 0 Å². The van der Waals surface area contributed by atoms with E-state index < -0.39 is 0 Å². The second kappa shape index (κ2) is 4.30. The van der Waals surface area contributed by atoms with Crippen molar-refractivity contribution in [2.45, 2.75) is 13.8 Å². The summed E-state index contributed by atoms with van der Waals surface area (Å²) >= 11 is 0. The standard InChI is InChI=1S/C8H8B.Y/c1-6-3-4-8(9)5-7(6)2;/h3,5H,1-2H3;/q-1;+3. The average molecular weight is 204 g/mol. The molecule has 0 heterocycles. The number of rotatable bonds is 0. The summed E-state index contributed by atoms with van der Waals surface area (Å²) in [6.07, 6.45) is 0. The summed E-state index contributed by atoms with van der Waals surface area (Å²) in [5.41, 5.74) is 3.19. The first-order valence-electron chi connectivity index (χ1n) is 2.94. The molecule has 0 aliphatic carbocycles. The van der Waals surface area contributed by atoms with Gasteiger partial charge >= 0.3 is 32.7 Å². The van der Waals surface area contributed by atoms with Gasteiger partial charge in [0.05, 0.1) is 7.85 Å². The van der Waals surface area contributed by atoms with Gasteiger partial charge in [-0.25, -0.2) is 5.46 Å². The quantitative estimate of drug-likeness (QED) is 0.434. The molecule has 0 nitrogen and oxygen atoms in total. The SMILES string of the molecule is [B]c1[c-]cc(C)c(C)c1.[Y+3]. The zero-order valence-corrected chi connectivity index (χ0v) is 9.15. The Morgan fingerprint density at radius 1 is 1.30 bits per heavy atom. The van der Waals surface area contributed by atoms with Crippen LogP contribution in [0.25, 0.3) is 0 Å². The first-order valence-corrected chi connectivity index (χ1v) is 2.94. The Kier molecular flexibility index (Phi) is 4.47. The fourth-order valence-electron chi connectivity index (χ4n) is 0.694. The Labute approximate surface area is 88.7 Å². The summed E-state index contributed by atoms with van der Waals surface area (Å²) < 4.78 is 0. The minimum atomic E-state index is 0. The third kappa shape index (κ3) is 2.55. The molecule has 0 saturated carbocycles. The Morgan fingerprint density at radius 2 is 1.90 bits per heavy atom. The van der Waals surface area contributed by atoms with E-state index in [1.807, 2.05) is 26.0 Å². The van der Waals surface area contributed by atoms with Crippen molar-refractivity contribution in [1.82, 2.24) is 0 Å². The van der Waals surface area contributed by atoms with Crippen LogP contribution in [0.2, 0.25) is 0 Å². The van der Waals surface area contributed by atoms with E-state index in [0.29, 0.717) is 0 Å². The van der Waals surface area contributed by atoms with E-state index in [0.717, 1.165) is 5.46 Å². The zero-order chi connectivity index (χ0) is 6.85. The molecule has 0 unspecified atom stereocenters. The molecule has 0 aliphatic heterocycles. The van der Waals surface area contributed by atoms with Crippen LogP contribution in [0, 0.1) is 19.9 Å². The molecule has 0 aromatic heterocycles. The third-order valence-corrected chi connectivity index (χ3v) is 1.45. The van der Waals surface area contributed by atoms with Gasteiger partial charge in [-0.2, -0.15) is 29.3 Å². The van der Waals surface area contributed by atoms with Gasteiger partial charge < -0.3 is 0 Å². The predicted octanol–water partition coefficient (Wildman–Crippen LogP) is 0.895. The van der Waals surface area contributed by atoms with Crippen LogP contribution in [-0.2, 0) is 32.7 Å². The molecule has 0 amide bonds. The van der Waals surface area contributed by atoms with Crippen LogP contribution in [0.3, 0.4) is 0 Å². The van der Waals surface area contributed by atoms with Crippen LogP contribution in [0.1, 0.15) is 11.1 Å². The van der Waals surface area contributed by atoms with Gasteiger partial charge in [-0.1, -0.05) is 13.8 Å². The number of hydrogen-bond donors (Lipinski definition) is 0. The van der Waals surface area contributed by atoms with Crippen molar-refractivity contribution in [3.05, 3.63) is 29.3 Å². The predicted molar refractivity (Wildman–Crippen MR) is 40.1 cm³/mol. The van der Waals surface area contributed by atoms with Crippen molar-refractivity contribution < 1.29 is 32.7 Å². The molecule has 2 heteroatoms. The van der Waals surface area contributed by atoms with Gasteiger partial charge in [0.1, 0.15) is 0 Å². The molecule has 1 aromatic rings. The molecule has 1 rings (SSSR count). The van der Waals surface area contributed by atoms with Gasteiger partial charge in [-0.3, -0.25) is 0 Å². The topological polar surface area (TPSA) is 0 Å². The summed E-state index contributed by atoms with van der Waals surface area (Å²) in [5, 5.41) is 0. The van der Waals surface area contributed by atoms with Crippen LogP contribution in [0.4, 0.5) is 0 Å². The van der Waals surface area contributed by atoms with Crippen molar-refractivity contribution in [3.63, 3.8) is 0 Å². The van der Waals surface area contributed by atoms with Gasteiger partial charge in [-0.15, -0.1) is 0 Å². The van der Waals surface area contributed by atoms with Crippen molar-refractivity contribution in [1.29, 1.82) is 0 Å².